The molecule has 0 saturated heterocycles. The van der Waals surface area contributed by atoms with Crippen molar-refractivity contribution in [2.24, 2.45) is 0 Å². The molecule has 0 N–H and O–H groups in total. The lowest BCUT2D eigenvalue weighted by Crippen LogP contribution is -2.30. The first kappa shape index (κ1) is 71.8. The van der Waals surface area contributed by atoms with Gasteiger partial charge in [0, 0.05) is 19.3 Å². The molecule has 0 aliphatic heterocycles. The second kappa shape index (κ2) is 63.3. The van der Waals surface area contributed by atoms with Crippen molar-refractivity contribution in [2.45, 2.75) is 290 Å². The van der Waals surface area contributed by atoms with Crippen molar-refractivity contribution in [3.05, 3.63) is 122 Å². The Bertz CT molecular complexity index is 1590. The fourth-order valence-electron chi connectivity index (χ4n) is 8.51. The molecule has 1 atom stereocenters. The van der Waals surface area contributed by atoms with E-state index in [0.717, 1.165) is 128 Å². The highest BCUT2D eigenvalue weighted by molar-refractivity contribution is 5.71. The predicted molar refractivity (Wildman–Crippen MR) is 330 cm³/mol. The molecule has 0 aromatic carbocycles. The standard InChI is InChI=1S/C70H116O6/c1-4-7-10-13-16-19-22-25-28-31-33-34-35-36-38-39-42-45-48-51-54-57-60-63-69(72)75-66-67(65-74-68(71)62-59-56-53-50-47-44-41-30-27-24-21-18-15-12-9-6-3)76-70(73)64-61-58-55-52-49-46-43-40-37-32-29-26-23-20-17-14-11-8-5-2/h7-8,10-11,16-17,19-20,25-26,28-30,33-34,37,40-41,46,49,67H,4-6,9,12-15,18,21-24,27,31-32,35-36,38-39,42-45,47-48,50-66H2,1-3H3/b10-7-,11-8-,19-16-,20-17-,28-25-,29-26-,34-33-,40-37-,41-30-,49-46-. The van der Waals surface area contributed by atoms with Gasteiger partial charge in [-0.1, -0.05) is 258 Å². The Morgan fingerprint density at radius 2 is 0.513 bits per heavy atom. The molecule has 432 valence electrons. The SMILES string of the molecule is CC/C=C\C/C=C\C/C=C\C/C=C\C/C=C\CCCCCC(=O)OC(COC(=O)CCCCCCC/C=C\CCCCCCCCC)COC(=O)CCCCCCCCCCCC/C=C\C/C=C\C/C=C\C/C=C\CC. The summed E-state index contributed by atoms with van der Waals surface area (Å²) >= 11 is 0. The Kier molecular flexibility index (Phi) is 59.9. The van der Waals surface area contributed by atoms with Crippen LogP contribution in [0.3, 0.4) is 0 Å². The quantitative estimate of drug-likeness (QED) is 0.0261. The Morgan fingerprint density at radius 1 is 0.276 bits per heavy atom. The summed E-state index contributed by atoms with van der Waals surface area (Å²) in [5, 5.41) is 0. The largest absolute Gasteiger partial charge is 0.462 e. The van der Waals surface area contributed by atoms with E-state index in [2.05, 4.69) is 142 Å². The van der Waals surface area contributed by atoms with Crippen LogP contribution in [0.25, 0.3) is 0 Å². The van der Waals surface area contributed by atoms with Gasteiger partial charge in [-0.3, -0.25) is 14.4 Å². The number of carbonyl (C=O) groups is 3. The number of hydrogen-bond acceptors (Lipinski definition) is 6. The highest BCUT2D eigenvalue weighted by Crippen LogP contribution is 2.15. The lowest BCUT2D eigenvalue weighted by Gasteiger charge is -2.18. The van der Waals surface area contributed by atoms with Gasteiger partial charge in [0.2, 0.25) is 0 Å². The Morgan fingerprint density at radius 3 is 0.829 bits per heavy atom. The van der Waals surface area contributed by atoms with Crippen LogP contribution < -0.4 is 0 Å². The summed E-state index contributed by atoms with van der Waals surface area (Å²) in [5.74, 6) is -0.939. The number of ether oxygens (including phenoxy) is 3. The van der Waals surface area contributed by atoms with Crippen LogP contribution in [0.15, 0.2) is 122 Å². The molecule has 0 amide bonds. The molecule has 0 aliphatic carbocycles. The summed E-state index contributed by atoms with van der Waals surface area (Å²) < 4.78 is 16.9. The summed E-state index contributed by atoms with van der Waals surface area (Å²) in [6.45, 7) is 6.39. The smallest absolute Gasteiger partial charge is 0.306 e. The number of hydrogen-bond donors (Lipinski definition) is 0. The molecule has 0 aromatic rings. The van der Waals surface area contributed by atoms with Gasteiger partial charge in [-0.05, 0) is 128 Å². The summed E-state index contributed by atoms with van der Waals surface area (Å²) in [7, 11) is 0. The highest BCUT2D eigenvalue weighted by atomic mass is 16.6. The number of esters is 3. The van der Waals surface area contributed by atoms with E-state index in [-0.39, 0.29) is 37.5 Å². The molecule has 0 heterocycles. The van der Waals surface area contributed by atoms with Gasteiger partial charge in [0.25, 0.3) is 0 Å². The van der Waals surface area contributed by atoms with Gasteiger partial charge in [-0.15, -0.1) is 0 Å². The average molecular weight is 1050 g/mol. The maximum absolute atomic E-state index is 12.9. The van der Waals surface area contributed by atoms with Crippen molar-refractivity contribution >= 4 is 17.9 Å². The summed E-state index contributed by atoms with van der Waals surface area (Å²) in [4.78, 5) is 38.3. The van der Waals surface area contributed by atoms with Crippen molar-refractivity contribution in [3.8, 4) is 0 Å². The molecular formula is C70H116O6. The Balaban J connectivity index is 4.45. The summed E-state index contributed by atoms with van der Waals surface area (Å²) in [5.41, 5.74) is 0. The van der Waals surface area contributed by atoms with Gasteiger partial charge in [0.15, 0.2) is 6.10 Å². The van der Waals surface area contributed by atoms with Gasteiger partial charge < -0.3 is 14.2 Å². The van der Waals surface area contributed by atoms with Gasteiger partial charge in [0.05, 0.1) is 0 Å². The monoisotopic (exact) mass is 1050 g/mol. The molecule has 0 saturated carbocycles. The topological polar surface area (TPSA) is 78.9 Å². The minimum atomic E-state index is -0.805. The van der Waals surface area contributed by atoms with Gasteiger partial charge in [0.1, 0.15) is 13.2 Å². The first-order valence-corrected chi connectivity index (χ1v) is 31.5. The zero-order valence-electron chi connectivity index (χ0n) is 49.5. The molecule has 0 fully saturated rings. The van der Waals surface area contributed by atoms with Crippen molar-refractivity contribution in [2.75, 3.05) is 13.2 Å². The second-order valence-corrected chi connectivity index (χ2v) is 20.5. The van der Waals surface area contributed by atoms with Gasteiger partial charge >= 0.3 is 17.9 Å². The van der Waals surface area contributed by atoms with E-state index in [0.29, 0.717) is 12.8 Å². The maximum Gasteiger partial charge on any atom is 0.306 e. The molecule has 0 bridgehead atoms. The van der Waals surface area contributed by atoms with Crippen molar-refractivity contribution in [3.63, 3.8) is 0 Å². The van der Waals surface area contributed by atoms with Crippen LogP contribution in [0.4, 0.5) is 0 Å². The molecular weight excluding hydrogens is 937 g/mol. The van der Waals surface area contributed by atoms with Crippen LogP contribution in [0, 0.1) is 0 Å². The van der Waals surface area contributed by atoms with E-state index in [4.69, 9.17) is 14.2 Å². The molecule has 6 heteroatoms. The molecule has 1 unspecified atom stereocenters. The number of carbonyl (C=O) groups excluding carboxylic acids is 3. The number of allylic oxidation sites excluding steroid dienone is 20. The van der Waals surface area contributed by atoms with Gasteiger partial charge in [-0.25, -0.2) is 0 Å². The Hall–Kier alpha value is -4.19. The van der Waals surface area contributed by atoms with Gasteiger partial charge in [-0.2, -0.15) is 0 Å². The molecule has 0 rings (SSSR count). The lowest BCUT2D eigenvalue weighted by molar-refractivity contribution is -0.167. The maximum atomic E-state index is 12.9. The summed E-state index contributed by atoms with van der Waals surface area (Å²) in [6.07, 6.45) is 87.7. The minimum absolute atomic E-state index is 0.0984. The van der Waals surface area contributed by atoms with E-state index >= 15 is 0 Å². The Labute approximate surface area is 469 Å². The molecule has 6 nitrogen and oxygen atoms in total. The van der Waals surface area contributed by atoms with Crippen LogP contribution in [-0.4, -0.2) is 37.2 Å². The van der Waals surface area contributed by atoms with Crippen molar-refractivity contribution in [1.82, 2.24) is 0 Å². The third-order valence-corrected chi connectivity index (χ3v) is 13.2. The zero-order valence-corrected chi connectivity index (χ0v) is 49.5. The predicted octanol–water partition coefficient (Wildman–Crippen LogP) is 21.6. The van der Waals surface area contributed by atoms with Crippen LogP contribution in [0.1, 0.15) is 284 Å². The molecule has 0 spiro atoms. The van der Waals surface area contributed by atoms with E-state index in [1.165, 1.54) is 116 Å². The lowest BCUT2D eigenvalue weighted by atomic mass is 10.1. The summed E-state index contributed by atoms with van der Waals surface area (Å²) in [6, 6.07) is 0. The molecule has 76 heavy (non-hydrogen) atoms. The van der Waals surface area contributed by atoms with E-state index < -0.39 is 6.10 Å². The van der Waals surface area contributed by atoms with Crippen LogP contribution in [-0.2, 0) is 28.6 Å². The molecule has 0 radical (unpaired) electrons. The normalized spacial score (nSPS) is 12.9. The van der Waals surface area contributed by atoms with Crippen LogP contribution in [0.5, 0.6) is 0 Å². The third kappa shape index (κ3) is 60.7. The van der Waals surface area contributed by atoms with E-state index in [1.54, 1.807) is 0 Å². The highest BCUT2D eigenvalue weighted by Gasteiger charge is 2.19. The number of rotatable bonds is 56. The fraction of sp³-hybridized carbons (Fsp3) is 0.671. The van der Waals surface area contributed by atoms with Crippen LogP contribution in [0.2, 0.25) is 0 Å². The minimum Gasteiger partial charge on any atom is -0.462 e. The number of unbranched alkanes of at least 4 members (excludes halogenated alkanes) is 25. The third-order valence-electron chi connectivity index (χ3n) is 13.2. The zero-order chi connectivity index (χ0) is 55.0. The van der Waals surface area contributed by atoms with E-state index in [1.807, 2.05) is 0 Å². The van der Waals surface area contributed by atoms with Crippen molar-refractivity contribution in [1.29, 1.82) is 0 Å². The van der Waals surface area contributed by atoms with E-state index in [9.17, 15) is 14.4 Å². The van der Waals surface area contributed by atoms with Crippen molar-refractivity contribution < 1.29 is 28.6 Å². The first-order valence-electron chi connectivity index (χ1n) is 31.5. The molecule has 0 aromatic heterocycles. The first-order chi connectivity index (χ1) is 37.5. The van der Waals surface area contributed by atoms with Crippen LogP contribution >= 0.6 is 0 Å². The second-order valence-electron chi connectivity index (χ2n) is 20.5. The fourth-order valence-corrected chi connectivity index (χ4v) is 8.51. The average Bonchev–Trinajstić information content (AvgIpc) is 3.42. The molecule has 0 aliphatic rings.